The van der Waals surface area contributed by atoms with Gasteiger partial charge in [-0.15, -0.1) is 11.3 Å². The molecule has 0 atom stereocenters. The van der Waals surface area contributed by atoms with Crippen molar-refractivity contribution in [3.63, 3.8) is 0 Å². The zero-order valence-corrected chi connectivity index (χ0v) is 9.64. The minimum absolute atomic E-state index is 0.803. The van der Waals surface area contributed by atoms with Crippen LogP contribution in [-0.2, 0) is 0 Å². The molecule has 0 saturated carbocycles. The van der Waals surface area contributed by atoms with Gasteiger partial charge in [-0.1, -0.05) is 6.07 Å². The van der Waals surface area contributed by atoms with Gasteiger partial charge in [0.1, 0.15) is 11.6 Å². The summed E-state index contributed by atoms with van der Waals surface area (Å²) in [6.07, 6.45) is 0. The first-order chi connectivity index (χ1) is 7.29. The summed E-state index contributed by atoms with van der Waals surface area (Å²) >= 11 is 1.69. The first kappa shape index (κ1) is 10.1. The number of anilines is 1. The molecule has 0 aliphatic carbocycles. The van der Waals surface area contributed by atoms with Crippen LogP contribution >= 0.6 is 11.3 Å². The summed E-state index contributed by atoms with van der Waals surface area (Å²) in [5.74, 6) is 1.70. The summed E-state index contributed by atoms with van der Waals surface area (Å²) in [5.41, 5.74) is 0.994. The van der Waals surface area contributed by atoms with Crippen molar-refractivity contribution in [2.45, 2.75) is 13.8 Å². The minimum atomic E-state index is 0.803. The summed E-state index contributed by atoms with van der Waals surface area (Å²) < 4.78 is 0. The van der Waals surface area contributed by atoms with Crippen LogP contribution in [0.2, 0.25) is 0 Å². The van der Waals surface area contributed by atoms with E-state index in [4.69, 9.17) is 0 Å². The van der Waals surface area contributed by atoms with Crippen molar-refractivity contribution in [2.24, 2.45) is 0 Å². The summed E-state index contributed by atoms with van der Waals surface area (Å²) in [4.78, 5) is 9.91. The highest BCUT2D eigenvalue weighted by molar-refractivity contribution is 7.13. The molecular weight excluding hydrogens is 206 g/mol. The lowest BCUT2D eigenvalue weighted by atomic mass is 10.3. The molecule has 2 heterocycles. The Morgan fingerprint density at radius 3 is 2.93 bits per heavy atom. The fourth-order valence-electron chi connectivity index (χ4n) is 1.39. The molecule has 0 aliphatic rings. The highest BCUT2D eigenvalue weighted by atomic mass is 32.1. The van der Waals surface area contributed by atoms with Crippen molar-refractivity contribution >= 4 is 17.2 Å². The minimum Gasteiger partial charge on any atom is -0.370 e. The molecule has 2 aromatic heterocycles. The molecule has 3 nitrogen and oxygen atoms in total. The van der Waals surface area contributed by atoms with Gasteiger partial charge in [0, 0.05) is 12.6 Å². The van der Waals surface area contributed by atoms with Crippen molar-refractivity contribution in [3.8, 4) is 10.6 Å². The second kappa shape index (κ2) is 4.40. The average molecular weight is 219 g/mol. The largest absolute Gasteiger partial charge is 0.370 e. The first-order valence-corrected chi connectivity index (χ1v) is 5.81. The van der Waals surface area contributed by atoms with Gasteiger partial charge >= 0.3 is 0 Å². The van der Waals surface area contributed by atoms with Gasteiger partial charge < -0.3 is 5.32 Å². The Bertz CT molecular complexity index is 437. The Labute approximate surface area is 93.2 Å². The van der Waals surface area contributed by atoms with Gasteiger partial charge in [0.25, 0.3) is 0 Å². The molecule has 78 valence electrons. The third-order valence-corrected chi connectivity index (χ3v) is 2.86. The molecule has 4 heteroatoms. The second-order valence-electron chi connectivity index (χ2n) is 3.19. The molecule has 0 aromatic carbocycles. The molecule has 0 radical (unpaired) electrons. The fraction of sp³-hybridized carbons (Fsp3) is 0.273. The Kier molecular flexibility index (Phi) is 2.97. The van der Waals surface area contributed by atoms with Crippen LogP contribution in [-0.4, -0.2) is 16.5 Å². The van der Waals surface area contributed by atoms with Crippen LogP contribution in [0.1, 0.15) is 12.7 Å². The monoisotopic (exact) mass is 219 g/mol. The quantitative estimate of drug-likeness (QED) is 0.862. The highest BCUT2D eigenvalue weighted by Crippen LogP contribution is 2.24. The number of nitrogens with one attached hydrogen (secondary N) is 1. The Balaban J connectivity index is 2.40. The van der Waals surface area contributed by atoms with Crippen molar-refractivity contribution in [2.75, 3.05) is 11.9 Å². The summed E-state index contributed by atoms with van der Waals surface area (Å²) in [7, 11) is 0. The van der Waals surface area contributed by atoms with Crippen LogP contribution in [0.4, 0.5) is 5.82 Å². The molecule has 1 N–H and O–H groups in total. The number of hydrogen-bond donors (Lipinski definition) is 1. The molecule has 0 bridgehead atoms. The topological polar surface area (TPSA) is 37.8 Å². The molecule has 0 unspecified atom stereocenters. The van der Waals surface area contributed by atoms with Crippen LogP contribution in [0.25, 0.3) is 10.6 Å². The molecular formula is C11H13N3S. The number of aryl methyl sites for hydroxylation is 1. The standard InChI is InChI=1S/C11H13N3S/c1-3-12-11-7-9(13-8(2)14-11)10-5-4-6-15-10/h4-7H,3H2,1-2H3,(H,12,13,14). The maximum absolute atomic E-state index is 4.42. The molecule has 0 saturated heterocycles. The molecule has 0 amide bonds. The average Bonchev–Trinajstić information content (AvgIpc) is 2.70. The van der Waals surface area contributed by atoms with Gasteiger partial charge in [-0.05, 0) is 25.3 Å². The maximum atomic E-state index is 4.42. The summed E-state index contributed by atoms with van der Waals surface area (Å²) in [6, 6.07) is 6.09. The lowest BCUT2D eigenvalue weighted by Gasteiger charge is -2.05. The van der Waals surface area contributed by atoms with Gasteiger partial charge in [0.15, 0.2) is 0 Å². The number of nitrogens with zero attached hydrogens (tertiary/aromatic N) is 2. The normalized spacial score (nSPS) is 10.3. The zero-order valence-electron chi connectivity index (χ0n) is 8.82. The van der Waals surface area contributed by atoms with Crippen LogP contribution in [0.15, 0.2) is 23.6 Å². The van der Waals surface area contributed by atoms with E-state index in [2.05, 4.69) is 33.7 Å². The number of hydrogen-bond acceptors (Lipinski definition) is 4. The Morgan fingerprint density at radius 2 is 2.27 bits per heavy atom. The van der Waals surface area contributed by atoms with Crippen LogP contribution < -0.4 is 5.32 Å². The molecule has 2 aromatic rings. The Hall–Kier alpha value is -1.42. The van der Waals surface area contributed by atoms with Crippen LogP contribution in [0.5, 0.6) is 0 Å². The van der Waals surface area contributed by atoms with Crippen LogP contribution in [0.3, 0.4) is 0 Å². The van der Waals surface area contributed by atoms with E-state index >= 15 is 0 Å². The van der Waals surface area contributed by atoms with E-state index < -0.39 is 0 Å². The molecule has 0 fully saturated rings. The molecule has 15 heavy (non-hydrogen) atoms. The maximum Gasteiger partial charge on any atom is 0.130 e. The van der Waals surface area contributed by atoms with Crippen LogP contribution in [0, 0.1) is 6.92 Å². The lowest BCUT2D eigenvalue weighted by Crippen LogP contribution is -2.02. The van der Waals surface area contributed by atoms with Gasteiger partial charge in [-0.25, -0.2) is 9.97 Å². The van der Waals surface area contributed by atoms with E-state index in [1.807, 2.05) is 19.1 Å². The van der Waals surface area contributed by atoms with Crippen molar-refractivity contribution in [3.05, 3.63) is 29.4 Å². The van der Waals surface area contributed by atoms with E-state index in [9.17, 15) is 0 Å². The van der Waals surface area contributed by atoms with E-state index in [0.29, 0.717) is 0 Å². The van der Waals surface area contributed by atoms with E-state index in [1.54, 1.807) is 11.3 Å². The van der Waals surface area contributed by atoms with Crippen molar-refractivity contribution in [1.29, 1.82) is 0 Å². The first-order valence-electron chi connectivity index (χ1n) is 4.93. The van der Waals surface area contributed by atoms with Crippen molar-refractivity contribution < 1.29 is 0 Å². The van der Waals surface area contributed by atoms with E-state index in [-0.39, 0.29) is 0 Å². The molecule has 0 spiro atoms. The van der Waals surface area contributed by atoms with Gasteiger partial charge in [-0.2, -0.15) is 0 Å². The number of rotatable bonds is 3. The van der Waals surface area contributed by atoms with Gasteiger partial charge in [-0.3, -0.25) is 0 Å². The summed E-state index contributed by atoms with van der Waals surface area (Å²) in [6.45, 7) is 4.85. The zero-order chi connectivity index (χ0) is 10.7. The highest BCUT2D eigenvalue weighted by Gasteiger charge is 2.04. The van der Waals surface area contributed by atoms with E-state index in [0.717, 1.165) is 23.9 Å². The third-order valence-electron chi connectivity index (χ3n) is 1.97. The van der Waals surface area contributed by atoms with Gasteiger partial charge in [0.05, 0.1) is 10.6 Å². The van der Waals surface area contributed by atoms with E-state index in [1.165, 1.54) is 4.88 Å². The molecule has 2 rings (SSSR count). The second-order valence-corrected chi connectivity index (χ2v) is 4.14. The predicted octanol–water partition coefficient (Wildman–Crippen LogP) is 2.95. The fourth-order valence-corrected chi connectivity index (χ4v) is 2.08. The predicted molar refractivity (Wildman–Crippen MR) is 64.2 cm³/mol. The van der Waals surface area contributed by atoms with Gasteiger partial charge in [0.2, 0.25) is 0 Å². The third kappa shape index (κ3) is 2.33. The number of aromatic nitrogens is 2. The van der Waals surface area contributed by atoms with Crippen molar-refractivity contribution in [1.82, 2.24) is 9.97 Å². The smallest absolute Gasteiger partial charge is 0.130 e. The number of thiophene rings is 1. The molecule has 0 aliphatic heterocycles. The SMILES string of the molecule is CCNc1cc(-c2cccs2)nc(C)n1. The summed E-state index contributed by atoms with van der Waals surface area (Å²) in [5, 5.41) is 5.26. The Morgan fingerprint density at radius 1 is 1.40 bits per heavy atom. The lowest BCUT2D eigenvalue weighted by molar-refractivity contribution is 1.04.